The summed E-state index contributed by atoms with van der Waals surface area (Å²) in [7, 11) is -1.24. The molecule has 2 saturated heterocycles. The zero-order valence-corrected chi connectivity index (χ0v) is 14.2. The monoisotopic (exact) mass is 302 g/mol. The number of esters is 1. The highest BCUT2D eigenvalue weighted by Crippen LogP contribution is 2.38. The molecule has 3 atom stereocenters. The van der Waals surface area contributed by atoms with E-state index < -0.39 is 9.04 Å². The SMILES string of the molecule is C[SiH](C)OC([C@H]1OC(=O)C[C@@H]1C1OCCO1)C(C)(C)C. The Balaban J connectivity index is 2.17. The van der Waals surface area contributed by atoms with E-state index in [-0.39, 0.29) is 35.8 Å². The molecule has 0 aliphatic carbocycles. The molecule has 116 valence electrons. The third-order valence-corrected chi connectivity index (χ3v) is 4.50. The fraction of sp³-hybridized carbons (Fsp3) is 0.929. The molecule has 6 heteroatoms. The molecular formula is C14H26O5Si. The standard InChI is InChI=1S/C14H26O5Si/c1-14(2,3)12(19-20(4)5)11-9(8-10(15)18-11)13-16-6-7-17-13/h9,11-13,20H,6-8H2,1-5H3/t9-,11-,12?/m0/s1. The summed E-state index contributed by atoms with van der Waals surface area (Å²) in [4.78, 5) is 11.8. The number of rotatable bonds is 4. The number of hydrogen-bond donors (Lipinski definition) is 0. The van der Waals surface area contributed by atoms with E-state index in [1.165, 1.54) is 0 Å². The first-order valence-electron chi connectivity index (χ1n) is 7.37. The minimum absolute atomic E-state index is 0.0676. The Bertz CT molecular complexity index is 346. The van der Waals surface area contributed by atoms with Gasteiger partial charge < -0.3 is 18.6 Å². The van der Waals surface area contributed by atoms with Crippen LogP contribution in [-0.4, -0.2) is 46.7 Å². The van der Waals surface area contributed by atoms with Crippen molar-refractivity contribution in [3.8, 4) is 0 Å². The topological polar surface area (TPSA) is 54.0 Å². The number of carbonyl (C=O) groups excluding carboxylic acids is 1. The Labute approximate surface area is 122 Å². The first-order valence-corrected chi connectivity index (χ1v) is 10.2. The normalized spacial score (nSPS) is 30.0. The lowest BCUT2D eigenvalue weighted by molar-refractivity contribution is -0.154. The van der Waals surface area contributed by atoms with Crippen LogP contribution in [0.3, 0.4) is 0 Å². The van der Waals surface area contributed by atoms with Gasteiger partial charge in [-0.25, -0.2) is 0 Å². The number of carbonyl (C=O) groups is 1. The van der Waals surface area contributed by atoms with Crippen LogP contribution in [0.4, 0.5) is 0 Å². The molecule has 0 spiro atoms. The maximum absolute atomic E-state index is 11.8. The summed E-state index contributed by atoms with van der Waals surface area (Å²) in [5.41, 5.74) is -0.0938. The highest BCUT2D eigenvalue weighted by Gasteiger charge is 2.50. The van der Waals surface area contributed by atoms with Crippen LogP contribution in [0, 0.1) is 11.3 Å². The van der Waals surface area contributed by atoms with Gasteiger partial charge in [-0.15, -0.1) is 0 Å². The summed E-state index contributed by atoms with van der Waals surface area (Å²) >= 11 is 0. The van der Waals surface area contributed by atoms with E-state index in [1.807, 2.05) is 0 Å². The molecule has 0 aromatic heterocycles. The van der Waals surface area contributed by atoms with Gasteiger partial charge in [-0.2, -0.15) is 0 Å². The Kier molecular flexibility index (Phi) is 4.89. The molecule has 2 aliphatic rings. The molecule has 2 rings (SSSR count). The van der Waals surface area contributed by atoms with Crippen LogP contribution in [0.5, 0.6) is 0 Å². The van der Waals surface area contributed by atoms with Crippen molar-refractivity contribution in [2.45, 2.75) is 58.8 Å². The molecule has 2 fully saturated rings. The first-order chi connectivity index (χ1) is 9.29. The van der Waals surface area contributed by atoms with E-state index in [9.17, 15) is 4.79 Å². The summed E-state index contributed by atoms with van der Waals surface area (Å²) < 4.78 is 22.9. The molecule has 0 saturated carbocycles. The van der Waals surface area contributed by atoms with E-state index in [0.717, 1.165) is 0 Å². The number of hydrogen-bond acceptors (Lipinski definition) is 5. The van der Waals surface area contributed by atoms with Crippen molar-refractivity contribution < 1.29 is 23.4 Å². The second-order valence-electron chi connectivity index (χ2n) is 6.90. The molecule has 0 aromatic carbocycles. The van der Waals surface area contributed by atoms with Crippen LogP contribution in [-0.2, 0) is 23.4 Å². The smallest absolute Gasteiger partial charge is 0.306 e. The number of cyclic esters (lactones) is 1. The van der Waals surface area contributed by atoms with Crippen LogP contribution in [0.1, 0.15) is 27.2 Å². The second-order valence-corrected chi connectivity index (χ2v) is 9.27. The molecule has 0 radical (unpaired) electrons. The minimum Gasteiger partial charge on any atom is -0.459 e. The first kappa shape index (κ1) is 15.9. The second kappa shape index (κ2) is 6.13. The molecule has 2 aliphatic heterocycles. The van der Waals surface area contributed by atoms with Gasteiger partial charge >= 0.3 is 5.97 Å². The summed E-state index contributed by atoms with van der Waals surface area (Å²) in [6, 6.07) is 0. The highest BCUT2D eigenvalue weighted by atomic mass is 28.3. The Hall–Kier alpha value is -0.433. The van der Waals surface area contributed by atoms with E-state index in [4.69, 9.17) is 18.6 Å². The summed E-state index contributed by atoms with van der Waals surface area (Å²) in [6.45, 7) is 11.8. The van der Waals surface area contributed by atoms with Gasteiger partial charge in [0.1, 0.15) is 6.10 Å². The van der Waals surface area contributed by atoms with Gasteiger partial charge in [-0.3, -0.25) is 4.79 Å². The fourth-order valence-electron chi connectivity index (χ4n) is 2.82. The summed E-state index contributed by atoms with van der Waals surface area (Å²) in [5, 5.41) is 0. The van der Waals surface area contributed by atoms with Crippen molar-refractivity contribution in [1.29, 1.82) is 0 Å². The fourth-order valence-corrected chi connectivity index (χ4v) is 3.97. The largest absolute Gasteiger partial charge is 0.459 e. The van der Waals surface area contributed by atoms with Crippen molar-refractivity contribution in [2.75, 3.05) is 13.2 Å². The van der Waals surface area contributed by atoms with Gasteiger partial charge in [0, 0.05) is 0 Å². The Morgan fingerprint density at radius 3 is 2.35 bits per heavy atom. The van der Waals surface area contributed by atoms with Gasteiger partial charge in [-0.05, 0) is 18.5 Å². The predicted molar refractivity (Wildman–Crippen MR) is 76.9 cm³/mol. The average molecular weight is 302 g/mol. The van der Waals surface area contributed by atoms with E-state index in [1.54, 1.807) is 0 Å². The van der Waals surface area contributed by atoms with E-state index in [2.05, 4.69) is 33.9 Å². The maximum Gasteiger partial charge on any atom is 0.306 e. The third-order valence-electron chi connectivity index (χ3n) is 3.66. The highest BCUT2D eigenvalue weighted by molar-refractivity contribution is 6.48. The van der Waals surface area contributed by atoms with Gasteiger partial charge in [0.25, 0.3) is 0 Å². The van der Waals surface area contributed by atoms with Crippen LogP contribution < -0.4 is 0 Å². The third kappa shape index (κ3) is 3.61. The number of ether oxygens (including phenoxy) is 3. The van der Waals surface area contributed by atoms with Crippen LogP contribution in [0.25, 0.3) is 0 Å². The predicted octanol–water partition coefficient (Wildman–Crippen LogP) is 1.71. The van der Waals surface area contributed by atoms with Gasteiger partial charge in [0.05, 0.1) is 31.7 Å². The zero-order valence-electron chi connectivity index (χ0n) is 13.0. The van der Waals surface area contributed by atoms with Gasteiger partial charge in [-0.1, -0.05) is 20.8 Å². The molecule has 1 unspecified atom stereocenters. The van der Waals surface area contributed by atoms with Crippen molar-refractivity contribution in [2.24, 2.45) is 11.3 Å². The average Bonchev–Trinajstić information content (AvgIpc) is 2.92. The van der Waals surface area contributed by atoms with Gasteiger partial charge in [0.2, 0.25) is 0 Å². The molecule has 2 heterocycles. The molecular weight excluding hydrogens is 276 g/mol. The van der Waals surface area contributed by atoms with Crippen molar-refractivity contribution in [1.82, 2.24) is 0 Å². The van der Waals surface area contributed by atoms with E-state index in [0.29, 0.717) is 19.6 Å². The quantitative estimate of drug-likeness (QED) is 0.584. The lowest BCUT2D eigenvalue weighted by Gasteiger charge is -2.38. The van der Waals surface area contributed by atoms with Crippen molar-refractivity contribution in [3.05, 3.63) is 0 Å². The summed E-state index contributed by atoms with van der Waals surface area (Å²) in [5.74, 6) is -0.246. The van der Waals surface area contributed by atoms with Crippen LogP contribution in [0.2, 0.25) is 13.1 Å². The molecule has 0 aromatic rings. The molecule has 0 amide bonds. The zero-order chi connectivity index (χ0) is 14.9. The van der Waals surface area contributed by atoms with Crippen LogP contribution in [0.15, 0.2) is 0 Å². The lowest BCUT2D eigenvalue weighted by atomic mass is 9.81. The molecule has 0 N–H and O–H groups in total. The summed E-state index contributed by atoms with van der Waals surface area (Å²) in [6.07, 6.45) is -0.377. The van der Waals surface area contributed by atoms with Crippen molar-refractivity contribution >= 4 is 15.0 Å². The maximum atomic E-state index is 11.8. The Morgan fingerprint density at radius 2 is 1.85 bits per heavy atom. The molecule has 20 heavy (non-hydrogen) atoms. The minimum atomic E-state index is -1.24. The van der Waals surface area contributed by atoms with Crippen molar-refractivity contribution in [3.63, 3.8) is 0 Å². The molecule has 5 nitrogen and oxygen atoms in total. The Morgan fingerprint density at radius 1 is 1.25 bits per heavy atom. The van der Waals surface area contributed by atoms with E-state index >= 15 is 0 Å². The van der Waals surface area contributed by atoms with Gasteiger partial charge in [0.15, 0.2) is 15.3 Å². The molecule has 0 bridgehead atoms. The lowest BCUT2D eigenvalue weighted by Crippen LogP contribution is -2.47. The van der Waals surface area contributed by atoms with Crippen LogP contribution >= 0.6 is 0 Å².